The predicted octanol–water partition coefficient (Wildman–Crippen LogP) is 12.7. The lowest BCUT2D eigenvalue weighted by atomic mass is 9.89. The highest BCUT2D eigenvalue weighted by Crippen LogP contribution is 2.31. The topological polar surface area (TPSA) is 6.48 Å². The van der Waals surface area contributed by atoms with Crippen LogP contribution in [0.2, 0.25) is 0 Å². The number of benzene rings is 7. The van der Waals surface area contributed by atoms with Crippen LogP contribution in [0.25, 0.3) is 0 Å². The molecule has 2 nitrogen and oxygen atoms in total. The van der Waals surface area contributed by atoms with Crippen molar-refractivity contribution in [3.63, 3.8) is 0 Å². The minimum atomic E-state index is 0.314. The maximum atomic E-state index is 2.49. The van der Waals surface area contributed by atoms with Crippen LogP contribution in [-0.4, -0.2) is 0 Å². The van der Waals surface area contributed by atoms with Gasteiger partial charge >= 0.3 is 0 Å². The Hall–Kier alpha value is -5.86. The van der Waals surface area contributed by atoms with Gasteiger partial charge in [-0.05, 0) is 107 Å². The molecule has 0 saturated heterocycles. The van der Waals surface area contributed by atoms with Crippen LogP contribution < -0.4 is 9.80 Å². The van der Waals surface area contributed by atoms with Crippen molar-refractivity contribution in [1.82, 2.24) is 0 Å². The molecule has 2 heteroatoms. The Bertz CT molecular complexity index is 2110. The van der Waals surface area contributed by atoms with Gasteiger partial charge in [0.2, 0.25) is 0 Å². The molecular weight excluding hydrogens is 653 g/mol. The molecule has 0 bridgehead atoms. The van der Waals surface area contributed by atoms with Gasteiger partial charge in [-0.25, -0.2) is 0 Å². The van der Waals surface area contributed by atoms with Crippen LogP contribution in [0, 0.1) is 13.8 Å². The summed E-state index contributed by atoms with van der Waals surface area (Å²) in [4.78, 5) is 4.98. The summed E-state index contributed by atoms with van der Waals surface area (Å²) < 4.78 is 0. The third-order valence-electron chi connectivity index (χ3n) is 10.8. The summed E-state index contributed by atoms with van der Waals surface area (Å²) in [7, 11) is 0. The van der Waals surface area contributed by atoms with Crippen LogP contribution in [0.5, 0.6) is 0 Å². The Morgan fingerprint density at radius 1 is 0.389 bits per heavy atom. The fourth-order valence-electron chi connectivity index (χ4n) is 7.62. The Labute approximate surface area is 323 Å². The molecule has 0 aliphatic carbocycles. The zero-order chi connectivity index (χ0) is 37.1. The second-order valence-corrected chi connectivity index (χ2v) is 14.8. The van der Waals surface area contributed by atoms with Crippen LogP contribution in [0.15, 0.2) is 182 Å². The minimum absolute atomic E-state index is 0.314. The van der Waals surface area contributed by atoms with Gasteiger partial charge in [0.25, 0.3) is 0 Å². The van der Waals surface area contributed by atoms with Crippen LogP contribution in [0.1, 0.15) is 68.5 Å². The average molecular weight is 705 g/mol. The van der Waals surface area contributed by atoms with Crippen molar-refractivity contribution < 1.29 is 0 Å². The third kappa shape index (κ3) is 9.57. The van der Waals surface area contributed by atoms with E-state index in [2.05, 4.69) is 213 Å². The lowest BCUT2D eigenvalue weighted by Gasteiger charge is -2.27. The molecule has 0 radical (unpaired) electrons. The van der Waals surface area contributed by atoms with Crippen LogP contribution >= 0.6 is 0 Å². The fourth-order valence-corrected chi connectivity index (χ4v) is 7.62. The molecule has 0 heterocycles. The van der Waals surface area contributed by atoms with E-state index in [1.807, 2.05) is 0 Å². The fraction of sp³-hybridized carbons (Fsp3) is 0.192. The molecule has 54 heavy (non-hydrogen) atoms. The van der Waals surface area contributed by atoms with Crippen LogP contribution in [0.3, 0.4) is 0 Å². The van der Waals surface area contributed by atoms with Gasteiger partial charge in [0, 0.05) is 43.5 Å². The zero-order valence-electron chi connectivity index (χ0n) is 32.0. The molecule has 7 aromatic rings. The first-order chi connectivity index (χ1) is 26.5. The zero-order valence-corrected chi connectivity index (χ0v) is 32.0. The summed E-state index contributed by atoms with van der Waals surface area (Å²) in [5.74, 6) is 0.314. The molecule has 270 valence electrons. The molecule has 0 aromatic heterocycles. The van der Waals surface area contributed by atoms with Gasteiger partial charge < -0.3 is 9.80 Å². The molecule has 7 aromatic carbocycles. The van der Waals surface area contributed by atoms with E-state index in [4.69, 9.17) is 0 Å². The number of anilines is 2. The molecule has 0 fully saturated rings. The van der Waals surface area contributed by atoms with E-state index >= 15 is 0 Å². The predicted molar refractivity (Wildman–Crippen MR) is 229 cm³/mol. The van der Waals surface area contributed by atoms with Crippen molar-refractivity contribution >= 4 is 11.4 Å². The maximum Gasteiger partial charge on any atom is 0.0433 e. The van der Waals surface area contributed by atoms with Gasteiger partial charge in [0.1, 0.15) is 0 Å². The third-order valence-corrected chi connectivity index (χ3v) is 10.8. The molecule has 1 atom stereocenters. The monoisotopic (exact) mass is 704 g/mol. The van der Waals surface area contributed by atoms with Gasteiger partial charge in [-0.15, -0.1) is 0 Å². The second kappa shape index (κ2) is 17.8. The highest BCUT2D eigenvalue weighted by atomic mass is 15.1. The number of nitrogens with zero attached hydrogens (tertiary/aromatic N) is 2. The number of aryl methyl sites for hydroxylation is 4. The van der Waals surface area contributed by atoms with Gasteiger partial charge in [-0.3, -0.25) is 0 Å². The summed E-state index contributed by atoms with van der Waals surface area (Å²) in [6.07, 6.45) is 2.06. The Kier molecular flexibility index (Phi) is 12.0. The highest BCUT2D eigenvalue weighted by Gasteiger charge is 2.16. The molecule has 1 unspecified atom stereocenters. The van der Waals surface area contributed by atoms with Gasteiger partial charge in [0.05, 0.1) is 0 Å². The number of hydrogen-bond acceptors (Lipinski definition) is 2. The van der Waals surface area contributed by atoms with Crippen molar-refractivity contribution in [2.24, 2.45) is 0 Å². The van der Waals surface area contributed by atoms with E-state index in [9.17, 15) is 0 Å². The van der Waals surface area contributed by atoms with Gasteiger partial charge in [-0.2, -0.15) is 0 Å². The van der Waals surface area contributed by atoms with Crippen molar-refractivity contribution in [2.45, 2.75) is 65.7 Å². The Morgan fingerprint density at radius 3 is 1.20 bits per heavy atom. The number of hydrogen-bond donors (Lipinski definition) is 0. The lowest BCUT2D eigenvalue weighted by Crippen LogP contribution is -2.22. The van der Waals surface area contributed by atoms with E-state index in [1.165, 1.54) is 67.0 Å². The lowest BCUT2D eigenvalue weighted by molar-refractivity contribution is 0.797. The Balaban J connectivity index is 1.01. The summed E-state index contributed by atoms with van der Waals surface area (Å²) in [6, 6.07) is 66.6. The van der Waals surface area contributed by atoms with E-state index in [0.29, 0.717) is 5.92 Å². The first kappa shape index (κ1) is 36.5. The molecule has 0 saturated carbocycles. The van der Waals surface area contributed by atoms with Crippen LogP contribution in [-0.2, 0) is 39.0 Å². The van der Waals surface area contributed by atoms with Gasteiger partial charge in [-0.1, -0.05) is 165 Å². The summed E-state index contributed by atoms with van der Waals surface area (Å²) in [5.41, 5.74) is 16.0. The molecule has 0 spiro atoms. The molecular formula is C52H52N2. The summed E-state index contributed by atoms with van der Waals surface area (Å²) >= 11 is 0. The standard InChI is InChI=1S/C52H52N2/c1-40-34-50(53(36-44-16-8-4-9-17-44)37-45-18-10-5-11-19-45)31-30-48(40)27-24-43-25-28-49(29-26-43)42(3)52-33-32-51(35-41(52)2)54(38-46-20-12-6-13-21-46)39-47-22-14-7-15-23-47/h4-23,25-26,28-35,42H,24,27,36-39H2,1-3H3. The minimum Gasteiger partial charge on any atom is -0.363 e. The first-order valence-corrected chi connectivity index (χ1v) is 19.4. The first-order valence-electron chi connectivity index (χ1n) is 19.4. The summed E-state index contributed by atoms with van der Waals surface area (Å²) in [6.45, 7) is 10.4. The SMILES string of the molecule is Cc1cc(N(Cc2ccccc2)Cc2ccccc2)ccc1CCc1ccc(C(C)c2ccc(N(Cc3ccccc3)Cc3ccccc3)cc2C)cc1. The van der Waals surface area contributed by atoms with E-state index in [-0.39, 0.29) is 0 Å². The van der Waals surface area contributed by atoms with Crippen molar-refractivity contribution in [3.8, 4) is 0 Å². The number of rotatable bonds is 15. The Morgan fingerprint density at radius 2 is 0.796 bits per heavy atom. The van der Waals surface area contributed by atoms with Gasteiger partial charge in [0.15, 0.2) is 0 Å². The quantitative estimate of drug-likeness (QED) is 0.105. The average Bonchev–Trinajstić information content (AvgIpc) is 3.21. The largest absolute Gasteiger partial charge is 0.363 e. The normalized spacial score (nSPS) is 11.6. The smallest absolute Gasteiger partial charge is 0.0433 e. The molecule has 0 N–H and O–H groups in total. The molecule has 0 aliphatic heterocycles. The summed E-state index contributed by atoms with van der Waals surface area (Å²) in [5, 5.41) is 0. The van der Waals surface area contributed by atoms with Crippen LogP contribution in [0.4, 0.5) is 11.4 Å². The van der Waals surface area contributed by atoms with Crippen molar-refractivity contribution in [2.75, 3.05) is 9.80 Å². The molecule has 7 rings (SSSR count). The molecule has 0 aliphatic rings. The van der Waals surface area contributed by atoms with Crippen molar-refractivity contribution in [1.29, 1.82) is 0 Å². The van der Waals surface area contributed by atoms with E-state index < -0.39 is 0 Å². The van der Waals surface area contributed by atoms with E-state index in [0.717, 1.165) is 39.0 Å². The second-order valence-electron chi connectivity index (χ2n) is 14.8. The maximum absolute atomic E-state index is 2.49. The van der Waals surface area contributed by atoms with E-state index in [1.54, 1.807) is 0 Å². The highest BCUT2D eigenvalue weighted by molar-refractivity contribution is 5.54. The molecule has 0 amide bonds. The van der Waals surface area contributed by atoms with Crippen molar-refractivity contribution in [3.05, 3.63) is 238 Å².